The minimum Gasteiger partial charge on any atom is -0.469 e. The lowest BCUT2D eigenvalue weighted by atomic mass is 10.2. The summed E-state index contributed by atoms with van der Waals surface area (Å²) in [6.45, 7) is 3.50. The molecule has 0 fully saturated rings. The van der Waals surface area contributed by atoms with E-state index in [1.54, 1.807) is 18.0 Å². The monoisotopic (exact) mass is 210 g/mol. The molecule has 0 unspecified atom stereocenters. The van der Waals surface area contributed by atoms with Crippen molar-refractivity contribution in [1.82, 2.24) is 10.2 Å². The summed E-state index contributed by atoms with van der Waals surface area (Å²) >= 11 is 0. The Bertz CT molecular complexity index is 320. The first-order chi connectivity index (χ1) is 7.15. The largest absolute Gasteiger partial charge is 0.469 e. The van der Waals surface area contributed by atoms with E-state index >= 15 is 0 Å². The van der Waals surface area contributed by atoms with Crippen LogP contribution in [0.15, 0.2) is 16.7 Å². The van der Waals surface area contributed by atoms with Gasteiger partial charge in [-0.3, -0.25) is 4.79 Å². The van der Waals surface area contributed by atoms with Crippen molar-refractivity contribution < 1.29 is 9.21 Å². The summed E-state index contributed by atoms with van der Waals surface area (Å²) in [4.78, 5) is 13.5. The molecule has 0 aliphatic rings. The number of hydrogen-bond donors (Lipinski definition) is 1. The number of aryl methyl sites for hydroxylation is 1. The Morgan fingerprint density at radius 2 is 2.33 bits per heavy atom. The van der Waals surface area contributed by atoms with Crippen LogP contribution in [-0.2, 0) is 0 Å². The summed E-state index contributed by atoms with van der Waals surface area (Å²) in [6.07, 6.45) is 2.46. The molecule has 1 amide bonds. The zero-order chi connectivity index (χ0) is 11.3. The van der Waals surface area contributed by atoms with Crippen molar-refractivity contribution in [2.75, 3.05) is 27.2 Å². The second-order valence-corrected chi connectivity index (χ2v) is 3.63. The van der Waals surface area contributed by atoms with Crippen molar-refractivity contribution in [3.63, 3.8) is 0 Å². The fraction of sp³-hybridized carbons (Fsp3) is 0.545. The molecule has 0 atom stereocenters. The first-order valence-electron chi connectivity index (χ1n) is 5.10. The third-order valence-corrected chi connectivity index (χ3v) is 2.24. The molecule has 1 aromatic rings. The van der Waals surface area contributed by atoms with Crippen molar-refractivity contribution in [2.24, 2.45) is 0 Å². The van der Waals surface area contributed by atoms with Crippen molar-refractivity contribution in [3.8, 4) is 0 Å². The standard InChI is InChI=1S/C11H18N2O2/c1-9-7-10(8-15-9)11(14)13(3)6-4-5-12-2/h7-8,12H,4-6H2,1-3H3. The number of carbonyl (C=O) groups is 1. The second kappa shape index (κ2) is 5.56. The number of nitrogens with one attached hydrogen (secondary N) is 1. The topological polar surface area (TPSA) is 45.5 Å². The van der Waals surface area contributed by atoms with Crippen molar-refractivity contribution in [1.29, 1.82) is 0 Å². The third kappa shape index (κ3) is 3.40. The second-order valence-electron chi connectivity index (χ2n) is 3.63. The van der Waals surface area contributed by atoms with Crippen LogP contribution in [0.5, 0.6) is 0 Å². The number of hydrogen-bond acceptors (Lipinski definition) is 3. The number of nitrogens with zero attached hydrogens (tertiary/aromatic N) is 1. The maximum absolute atomic E-state index is 11.8. The highest BCUT2D eigenvalue weighted by Gasteiger charge is 2.12. The molecule has 1 heterocycles. The molecule has 0 saturated heterocycles. The quantitative estimate of drug-likeness (QED) is 0.744. The van der Waals surface area contributed by atoms with Crippen molar-refractivity contribution >= 4 is 5.91 Å². The van der Waals surface area contributed by atoms with Crippen molar-refractivity contribution in [2.45, 2.75) is 13.3 Å². The predicted molar refractivity (Wildman–Crippen MR) is 58.9 cm³/mol. The van der Waals surface area contributed by atoms with Crippen LogP contribution < -0.4 is 5.32 Å². The molecule has 4 nitrogen and oxygen atoms in total. The highest BCUT2D eigenvalue weighted by Crippen LogP contribution is 2.08. The highest BCUT2D eigenvalue weighted by molar-refractivity contribution is 5.93. The molecular formula is C11H18N2O2. The Morgan fingerprint density at radius 3 is 2.87 bits per heavy atom. The van der Waals surface area contributed by atoms with Gasteiger partial charge >= 0.3 is 0 Å². The Hall–Kier alpha value is -1.29. The molecular weight excluding hydrogens is 192 g/mol. The smallest absolute Gasteiger partial charge is 0.256 e. The van der Waals surface area contributed by atoms with E-state index in [2.05, 4.69) is 5.32 Å². The van der Waals surface area contributed by atoms with Crippen LogP contribution in [0.4, 0.5) is 0 Å². The zero-order valence-corrected chi connectivity index (χ0v) is 9.54. The van der Waals surface area contributed by atoms with Gasteiger partial charge in [0.1, 0.15) is 12.0 Å². The van der Waals surface area contributed by atoms with Crippen LogP contribution in [0.2, 0.25) is 0 Å². The first kappa shape index (κ1) is 11.8. The Labute approximate surface area is 90.3 Å². The molecule has 0 saturated carbocycles. The molecule has 0 bridgehead atoms. The summed E-state index contributed by atoms with van der Waals surface area (Å²) < 4.78 is 5.10. The Morgan fingerprint density at radius 1 is 1.60 bits per heavy atom. The van der Waals surface area contributed by atoms with Crippen LogP contribution in [0, 0.1) is 6.92 Å². The van der Waals surface area contributed by atoms with E-state index in [1.165, 1.54) is 6.26 Å². The molecule has 0 radical (unpaired) electrons. The highest BCUT2D eigenvalue weighted by atomic mass is 16.3. The van der Waals surface area contributed by atoms with Gasteiger partial charge in [0.05, 0.1) is 5.56 Å². The molecule has 4 heteroatoms. The number of furan rings is 1. The predicted octanol–water partition coefficient (Wildman–Crippen LogP) is 1.27. The van der Waals surface area contributed by atoms with E-state index < -0.39 is 0 Å². The van der Waals surface area contributed by atoms with Crippen LogP contribution in [0.25, 0.3) is 0 Å². The molecule has 1 rings (SSSR count). The molecule has 0 aliphatic carbocycles. The van der Waals surface area contributed by atoms with Gasteiger partial charge in [0.25, 0.3) is 5.91 Å². The lowest BCUT2D eigenvalue weighted by Gasteiger charge is -2.15. The minimum absolute atomic E-state index is 0.0166. The summed E-state index contributed by atoms with van der Waals surface area (Å²) in [5.41, 5.74) is 0.624. The maximum atomic E-state index is 11.8. The van der Waals surface area contributed by atoms with E-state index in [4.69, 9.17) is 4.42 Å². The average molecular weight is 210 g/mol. The van der Waals surface area contributed by atoms with Gasteiger partial charge in [-0.05, 0) is 33.0 Å². The van der Waals surface area contributed by atoms with Crippen LogP contribution in [-0.4, -0.2) is 38.0 Å². The molecule has 15 heavy (non-hydrogen) atoms. The molecule has 1 aromatic heterocycles. The molecule has 0 aliphatic heterocycles. The molecule has 84 valence electrons. The van der Waals surface area contributed by atoms with Gasteiger partial charge in [-0.2, -0.15) is 0 Å². The van der Waals surface area contributed by atoms with E-state index in [9.17, 15) is 4.79 Å². The fourth-order valence-corrected chi connectivity index (χ4v) is 1.37. The van der Waals surface area contributed by atoms with Gasteiger partial charge in [-0.1, -0.05) is 0 Å². The van der Waals surface area contributed by atoms with Gasteiger partial charge in [0.2, 0.25) is 0 Å². The summed E-state index contributed by atoms with van der Waals surface area (Å²) in [7, 11) is 3.71. The van der Waals surface area contributed by atoms with E-state index in [1.807, 2.05) is 14.0 Å². The number of carbonyl (C=O) groups excluding carboxylic acids is 1. The van der Waals surface area contributed by atoms with Crippen molar-refractivity contribution in [3.05, 3.63) is 23.7 Å². The number of rotatable bonds is 5. The molecule has 0 spiro atoms. The van der Waals surface area contributed by atoms with Gasteiger partial charge in [0, 0.05) is 13.6 Å². The van der Waals surface area contributed by atoms with Gasteiger partial charge in [0.15, 0.2) is 0 Å². The third-order valence-electron chi connectivity index (χ3n) is 2.24. The lowest BCUT2D eigenvalue weighted by Crippen LogP contribution is -2.29. The van der Waals surface area contributed by atoms with Crippen LogP contribution >= 0.6 is 0 Å². The maximum Gasteiger partial charge on any atom is 0.256 e. The van der Waals surface area contributed by atoms with Gasteiger partial charge < -0.3 is 14.6 Å². The van der Waals surface area contributed by atoms with E-state index in [0.29, 0.717) is 5.56 Å². The van der Waals surface area contributed by atoms with E-state index in [0.717, 1.165) is 25.3 Å². The summed E-state index contributed by atoms with van der Waals surface area (Å²) in [5.74, 6) is 0.782. The van der Waals surface area contributed by atoms with Crippen LogP contribution in [0.3, 0.4) is 0 Å². The number of amides is 1. The average Bonchev–Trinajstić information content (AvgIpc) is 2.64. The molecule has 1 N–H and O–H groups in total. The lowest BCUT2D eigenvalue weighted by molar-refractivity contribution is 0.0793. The normalized spacial score (nSPS) is 10.3. The zero-order valence-electron chi connectivity index (χ0n) is 9.54. The SMILES string of the molecule is CNCCCN(C)C(=O)c1coc(C)c1. The summed E-state index contributed by atoms with van der Waals surface area (Å²) in [6, 6.07) is 1.76. The first-order valence-corrected chi connectivity index (χ1v) is 5.10. The Kier molecular flexibility index (Phi) is 4.37. The Balaban J connectivity index is 2.46. The fourth-order valence-electron chi connectivity index (χ4n) is 1.37. The minimum atomic E-state index is 0.0166. The molecule has 0 aromatic carbocycles. The van der Waals surface area contributed by atoms with Crippen LogP contribution in [0.1, 0.15) is 22.5 Å². The van der Waals surface area contributed by atoms with Gasteiger partial charge in [-0.25, -0.2) is 0 Å². The summed E-state index contributed by atoms with van der Waals surface area (Å²) in [5, 5.41) is 3.05. The van der Waals surface area contributed by atoms with Gasteiger partial charge in [-0.15, -0.1) is 0 Å². The van der Waals surface area contributed by atoms with E-state index in [-0.39, 0.29) is 5.91 Å².